The molecule has 0 saturated carbocycles. The van der Waals surface area contributed by atoms with Crippen LogP contribution in [0.1, 0.15) is 46.6 Å². The lowest BCUT2D eigenvalue weighted by molar-refractivity contribution is 0.0827. The molecule has 4 rings (SSSR count). The Kier molecular flexibility index (Phi) is 6.43. The number of carbonyl (C=O) groups excluding carboxylic acids is 1. The molecular formula is C25H31BN4O3. The number of carbonyl (C=O) groups is 1. The van der Waals surface area contributed by atoms with Crippen molar-refractivity contribution in [3.05, 3.63) is 65.0 Å². The molecule has 7 nitrogen and oxygen atoms in total. The zero-order valence-electron chi connectivity index (χ0n) is 19.9. The molecule has 1 aromatic carbocycles. The molecule has 0 bridgehead atoms. The van der Waals surface area contributed by atoms with Crippen LogP contribution in [0.25, 0.3) is 16.6 Å². The average Bonchev–Trinajstić information content (AvgIpc) is 3.14. The van der Waals surface area contributed by atoms with Gasteiger partial charge < -0.3 is 19.5 Å². The van der Waals surface area contributed by atoms with Gasteiger partial charge in [-0.3, -0.25) is 9.69 Å². The van der Waals surface area contributed by atoms with Gasteiger partial charge in [0.1, 0.15) is 5.65 Å². The number of rotatable bonds is 5. The zero-order chi connectivity index (χ0) is 23.9. The van der Waals surface area contributed by atoms with Crippen LogP contribution in [-0.2, 0) is 7.05 Å². The lowest BCUT2D eigenvalue weighted by Crippen LogP contribution is -2.32. The van der Waals surface area contributed by atoms with Crippen molar-refractivity contribution in [3.63, 3.8) is 0 Å². The van der Waals surface area contributed by atoms with Crippen molar-refractivity contribution < 1.29 is 14.8 Å². The molecule has 2 aromatic heterocycles. The second-order valence-corrected chi connectivity index (χ2v) is 9.02. The monoisotopic (exact) mass is 446 g/mol. The number of nitrogens with zero attached hydrogens (tertiary/aromatic N) is 4. The number of amides is 1. The maximum Gasteiger partial charge on any atom is 0.489 e. The predicted molar refractivity (Wildman–Crippen MR) is 132 cm³/mol. The second kappa shape index (κ2) is 9.13. The van der Waals surface area contributed by atoms with E-state index >= 15 is 0 Å². The van der Waals surface area contributed by atoms with Crippen LogP contribution >= 0.6 is 0 Å². The highest BCUT2D eigenvalue weighted by molar-refractivity contribution is 6.61. The Balaban J connectivity index is 1.55. The molecular weight excluding hydrogens is 415 g/mol. The van der Waals surface area contributed by atoms with Gasteiger partial charge in [0.2, 0.25) is 0 Å². The average molecular weight is 446 g/mol. The van der Waals surface area contributed by atoms with Crippen LogP contribution < -0.4 is 5.46 Å². The molecule has 3 aromatic rings. The van der Waals surface area contributed by atoms with Gasteiger partial charge in [0, 0.05) is 63.1 Å². The fourth-order valence-corrected chi connectivity index (χ4v) is 4.77. The second-order valence-electron chi connectivity index (χ2n) is 9.02. The summed E-state index contributed by atoms with van der Waals surface area (Å²) in [7, 11) is 3.98. The summed E-state index contributed by atoms with van der Waals surface area (Å²) >= 11 is 0. The quantitative estimate of drug-likeness (QED) is 0.587. The fourth-order valence-electron chi connectivity index (χ4n) is 4.77. The van der Waals surface area contributed by atoms with Crippen LogP contribution in [-0.4, -0.2) is 69.6 Å². The largest absolute Gasteiger partial charge is 0.489 e. The van der Waals surface area contributed by atoms with Gasteiger partial charge in [0.05, 0.1) is 0 Å². The molecule has 1 atom stereocenters. The van der Waals surface area contributed by atoms with Gasteiger partial charge in [0.15, 0.2) is 0 Å². The normalized spacial score (nSPS) is 15.4. The molecule has 0 radical (unpaired) electrons. The number of aryl methyl sites for hydroxylation is 2. The highest BCUT2D eigenvalue weighted by atomic mass is 16.4. The lowest BCUT2D eigenvalue weighted by atomic mass is 9.79. The Hall–Kier alpha value is -2.94. The Morgan fingerprint density at radius 1 is 1.21 bits per heavy atom. The van der Waals surface area contributed by atoms with Crippen LogP contribution in [0.15, 0.2) is 42.6 Å². The maximum absolute atomic E-state index is 12.3. The number of pyridine rings is 1. The van der Waals surface area contributed by atoms with E-state index in [0.29, 0.717) is 11.0 Å². The van der Waals surface area contributed by atoms with E-state index in [4.69, 9.17) is 0 Å². The third-order valence-corrected chi connectivity index (χ3v) is 6.72. The Morgan fingerprint density at radius 3 is 2.58 bits per heavy atom. The van der Waals surface area contributed by atoms with Gasteiger partial charge in [-0.25, -0.2) is 4.98 Å². The molecule has 2 N–H and O–H groups in total. The van der Waals surface area contributed by atoms with Crippen molar-refractivity contribution in [2.24, 2.45) is 7.05 Å². The summed E-state index contributed by atoms with van der Waals surface area (Å²) in [5.41, 5.74) is 6.65. The third kappa shape index (κ3) is 4.34. The molecule has 3 heterocycles. The van der Waals surface area contributed by atoms with Crippen molar-refractivity contribution in [2.45, 2.75) is 26.3 Å². The molecule has 0 saturated heterocycles. The molecule has 1 aliphatic rings. The fraction of sp³-hybridized carbons (Fsp3) is 0.360. The smallest absolute Gasteiger partial charge is 0.423 e. The summed E-state index contributed by atoms with van der Waals surface area (Å²) in [4.78, 5) is 20.7. The van der Waals surface area contributed by atoms with Gasteiger partial charge in [-0.1, -0.05) is 12.1 Å². The molecule has 0 spiro atoms. The number of hydrogen-bond donors (Lipinski definition) is 2. The summed E-state index contributed by atoms with van der Waals surface area (Å²) in [6, 6.07) is 9.77. The Morgan fingerprint density at radius 2 is 1.97 bits per heavy atom. The van der Waals surface area contributed by atoms with E-state index < -0.39 is 7.12 Å². The Bertz CT molecular complexity index is 1230. The first-order chi connectivity index (χ1) is 15.7. The topological polar surface area (TPSA) is 81.8 Å². The van der Waals surface area contributed by atoms with Crippen molar-refractivity contribution in [1.82, 2.24) is 19.4 Å². The molecule has 0 fully saturated rings. The van der Waals surface area contributed by atoms with Crippen molar-refractivity contribution in [2.75, 3.05) is 27.2 Å². The van der Waals surface area contributed by atoms with Crippen LogP contribution in [0, 0.1) is 6.92 Å². The molecule has 1 amide bonds. The van der Waals surface area contributed by atoms with E-state index in [-0.39, 0.29) is 11.9 Å². The van der Waals surface area contributed by atoms with E-state index in [9.17, 15) is 14.8 Å². The lowest BCUT2D eigenvalue weighted by Gasteiger charge is -2.32. The van der Waals surface area contributed by atoms with Crippen LogP contribution in [0.3, 0.4) is 0 Å². The summed E-state index contributed by atoms with van der Waals surface area (Å²) in [6.07, 6.45) is 4.82. The minimum absolute atomic E-state index is 0.0172. The maximum atomic E-state index is 12.3. The predicted octanol–water partition coefficient (Wildman–Crippen LogP) is 2.11. The first-order valence-electron chi connectivity index (χ1n) is 11.2. The molecule has 0 aliphatic carbocycles. The van der Waals surface area contributed by atoms with Gasteiger partial charge in [-0.2, -0.15) is 0 Å². The van der Waals surface area contributed by atoms with E-state index in [1.807, 2.05) is 29.8 Å². The van der Waals surface area contributed by atoms with Crippen molar-refractivity contribution in [3.8, 4) is 0 Å². The van der Waals surface area contributed by atoms with E-state index in [2.05, 4.69) is 35.9 Å². The molecule has 8 heteroatoms. The SMILES string of the molecule is Cc1cc(C(=O)N(C)C)ccc1C1=CCN(C(C)c2cc3c(B(O)O)ccnc3n2C)CC1. The summed E-state index contributed by atoms with van der Waals surface area (Å²) in [6.45, 7) is 5.97. The van der Waals surface area contributed by atoms with Gasteiger partial charge >= 0.3 is 7.12 Å². The minimum atomic E-state index is -1.52. The van der Waals surface area contributed by atoms with Gasteiger partial charge in [0.25, 0.3) is 5.91 Å². The molecule has 33 heavy (non-hydrogen) atoms. The van der Waals surface area contributed by atoms with Crippen molar-refractivity contribution in [1.29, 1.82) is 0 Å². The minimum Gasteiger partial charge on any atom is -0.423 e. The zero-order valence-corrected chi connectivity index (χ0v) is 19.9. The van der Waals surface area contributed by atoms with Crippen molar-refractivity contribution >= 4 is 35.1 Å². The molecule has 1 unspecified atom stereocenters. The number of benzene rings is 1. The van der Waals surface area contributed by atoms with Gasteiger partial charge in [-0.05, 0) is 66.7 Å². The first kappa shape index (κ1) is 23.2. The molecule has 172 valence electrons. The highest BCUT2D eigenvalue weighted by Crippen LogP contribution is 2.31. The van der Waals surface area contributed by atoms with Crippen LogP contribution in [0.4, 0.5) is 0 Å². The van der Waals surface area contributed by atoms with Gasteiger partial charge in [-0.15, -0.1) is 0 Å². The van der Waals surface area contributed by atoms with Crippen LogP contribution in [0.5, 0.6) is 0 Å². The third-order valence-electron chi connectivity index (χ3n) is 6.72. The van der Waals surface area contributed by atoms with E-state index in [1.165, 1.54) is 11.1 Å². The first-order valence-corrected chi connectivity index (χ1v) is 11.2. The van der Waals surface area contributed by atoms with Crippen LogP contribution in [0.2, 0.25) is 0 Å². The number of hydrogen-bond acceptors (Lipinski definition) is 5. The Labute approximate surface area is 195 Å². The summed E-state index contributed by atoms with van der Waals surface area (Å²) in [5, 5.41) is 20.2. The number of fused-ring (bicyclic) bond motifs is 1. The standard InChI is InChI=1S/C25H31BN4O3/c1-16-14-19(25(31)28(3)4)6-7-20(16)18-9-12-30(13-10-18)17(2)23-15-21-22(26(32)33)8-11-27-24(21)29(23)5/h6-9,11,14-15,17,32-33H,10,12-13H2,1-5H3. The van der Waals surface area contributed by atoms with E-state index in [1.54, 1.807) is 31.3 Å². The highest BCUT2D eigenvalue weighted by Gasteiger charge is 2.25. The van der Waals surface area contributed by atoms with E-state index in [0.717, 1.165) is 41.8 Å². The molecule has 1 aliphatic heterocycles. The summed E-state index contributed by atoms with van der Waals surface area (Å²) < 4.78 is 2.04. The summed E-state index contributed by atoms with van der Waals surface area (Å²) in [5.74, 6) is 0.0172. The number of aromatic nitrogens is 2.